The molecular formula is C33H31N3O10. The Bertz CT molecular complexity index is 1730. The lowest BCUT2D eigenvalue weighted by molar-refractivity contribution is -0.201. The van der Waals surface area contributed by atoms with Gasteiger partial charge in [-0.15, -0.1) is 5.06 Å². The molecule has 1 aliphatic carbocycles. The average molecular weight is 630 g/mol. The highest BCUT2D eigenvalue weighted by molar-refractivity contribution is 6.10. The molecule has 1 unspecified atom stereocenters. The number of anilines is 1. The minimum Gasteiger partial charge on any atom is -0.497 e. The molecule has 3 atom stereocenters. The normalized spacial score (nSPS) is 21.0. The van der Waals surface area contributed by atoms with E-state index >= 15 is 0 Å². The van der Waals surface area contributed by atoms with Crippen molar-refractivity contribution >= 4 is 29.2 Å². The van der Waals surface area contributed by atoms with Crippen LogP contribution in [0.15, 0.2) is 53.6 Å². The van der Waals surface area contributed by atoms with Gasteiger partial charge in [0, 0.05) is 30.2 Å². The first-order valence-electron chi connectivity index (χ1n) is 14.7. The number of hydroxylamine groups is 2. The van der Waals surface area contributed by atoms with Gasteiger partial charge in [-0.05, 0) is 59.7 Å². The van der Waals surface area contributed by atoms with Gasteiger partial charge in [0.1, 0.15) is 5.75 Å². The largest absolute Gasteiger partial charge is 0.497 e. The van der Waals surface area contributed by atoms with Crippen LogP contribution in [0.3, 0.4) is 0 Å². The Balaban J connectivity index is 1.42. The number of hydrogen-bond acceptors (Lipinski definition) is 12. The van der Waals surface area contributed by atoms with Gasteiger partial charge < -0.3 is 33.3 Å². The highest BCUT2D eigenvalue weighted by Gasteiger charge is 2.52. The standard InChI is InChI=1S/C33H31N3O10/c1-40-19-7-5-18(6-8-19)35-15-22-30(33(39)46-36-27(37)9-10-28(36)38)29(17-11-25(41-2)32(43-4)26(12-17)42-3)20-13-23-24(45-16-44-23)14-21(20)31(22)34-35/h5-8,11-14,22,29-30H,9-10,15-16H2,1-4H3/t22-,29+,30?/m0/s1. The minimum atomic E-state index is -0.945. The van der Waals surface area contributed by atoms with Crippen LogP contribution >= 0.6 is 0 Å². The van der Waals surface area contributed by atoms with E-state index in [-0.39, 0.29) is 19.6 Å². The summed E-state index contributed by atoms with van der Waals surface area (Å²) in [5.41, 5.74) is 3.55. The predicted molar refractivity (Wildman–Crippen MR) is 162 cm³/mol. The number of nitrogens with zero attached hydrogens (tertiary/aromatic N) is 3. The lowest BCUT2D eigenvalue weighted by Crippen LogP contribution is -2.44. The SMILES string of the molecule is COc1ccc(N2C[C@@H]3C(=N2)c2cc4c(cc2[C@@H](c2cc(OC)c(OC)c(OC)c2)C3C(=O)ON2C(=O)CCC2=O)OCO4)cc1. The Hall–Kier alpha value is -5.46. The van der Waals surface area contributed by atoms with Gasteiger partial charge in [-0.3, -0.25) is 14.6 Å². The topological polar surface area (TPSA) is 135 Å². The van der Waals surface area contributed by atoms with E-state index in [2.05, 4.69) is 0 Å². The molecule has 0 aromatic heterocycles. The van der Waals surface area contributed by atoms with Gasteiger partial charge in [-0.2, -0.15) is 5.10 Å². The van der Waals surface area contributed by atoms with Crippen molar-refractivity contribution in [2.75, 3.05) is 46.8 Å². The number of hydrazone groups is 1. The van der Waals surface area contributed by atoms with E-state index in [9.17, 15) is 14.4 Å². The zero-order chi connectivity index (χ0) is 32.1. The molecule has 3 aromatic carbocycles. The summed E-state index contributed by atoms with van der Waals surface area (Å²) in [6.07, 6.45) is -0.0540. The third-order valence-electron chi connectivity index (χ3n) is 8.77. The van der Waals surface area contributed by atoms with E-state index in [0.29, 0.717) is 62.9 Å². The number of imide groups is 1. The van der Waals surface area contributed by atoms with Crippen LogP contribution in [0.2, 0.25) is 0 Å². The summed E-state index contributed by atoms with van der Waals surface area (Å²) in [6.45, 7) is 0.351. The van der Waals surface area contributed by atoms with Gasteiger partial charge in [-0.25, -0.2) is 4.79 Å². The zero-order valence-electron chi connectivity index (χ0n) is 25.6. The summed E-state index contributed by atoms with van der Waals surface area (Å²) in [4.78, 5) is 45.1. The van der Waals surface area contributed by atoms with Crippen LogP contribution in [0, 0.1) is 11.8 Å². The monoisotopic (exact) mass is 629 g/mol. The highest BCUT2D eigenvalue weighted by Crippen LogP contribution is 2.53. The van der Waals surface area contributed by atoms with Crippen LogP contribution in [0.25, 0.3) is 0 Å². The van der Waals surface area contributed by atoms with E-state index in [0.717, 1.165) is 11.3 Å². The van der Waals surface area contributed by atoms with Gasteiger partial charge in [0.2, 0.25) is 12.5 Å². The molecule has 46 heavy (non-hydrogen) atoms. The molecule has 4 aliphatic rings. The molecule has 2 amide bonds. The second-order valence-corrected chi connectivity index (χ2v) is 11.1. The van der Waals surface area contributed by atoms with Crippen LogP contribution < -0.4 is 33.4 Å². The molecule has 0 spiro atoms. The van der Waals surface area contributed by atoms with Crippen molar-refractivity contribution in [2.45, 2.75) is 18.8 Å². The fourth-order valence-corrected chi connectivity index (χ4v) is 6.61. The maximum atomic E-state index is 14.4. The van der Waals surface area contributed by atoms with Crippen LogP contribution in [-0.2, 0) is 19.2 Å². The fraction of sp³-hybridized carbons (Fsp3) is 0.333. The number of amides is 2. The molecule has 0 radical (unpaired) electrons. The number of ether oxygens (including phenoxy) is 6. The Morgan fingerprint density at radius 1 is 0.848 bits per heavy atom. The summed E-state index contributed by atoms with van der Waals surface area (Å²) in [6, 6.07) is 14.7. The van der Waals surface area contributed by atoms with Gasteiger partial charge in [0.25, 0.3) is 11.8 Å². The summed E-state index contributed by atoms with van der Waals surface area (Å²) >= 11 is 0. The first-order valence-corrected chi connectivity index (χ1v) is 14.7. The number of carbonyl (C=O) groups excluding carboxylic acids is 3. The van der Waals surface area contributed by atoms with Crippen LogP contribution in [0.5, 0.6) is 34.5 Å². The summed E-state index contributed by atoms with van der Waals surface area (Å²) in [5, 5.41) is 7.41. The molecule has 0 bridgehead atoms. The molecule has 3 heterocycles. The highest BCUT2D eigenvalue weighted by atomic mass is 16.7. The van der Waals surface area contributed by atoms with Crippen molar-refractivity contribution in [1.82, 2.24) is 5.06 Å². The molecule has 7 rings (SSSR count). The minimum absolute atomic E-state index is 0.0270. The third kappa shape index (κ3) is 4.70. The Labute approximate surface area is 264 Å². The van der Waals surface area contributed by atoms with Gasteiger partial charge in [0.05, 0.1) is 52.3 Å². The van der Waals surface area contributed by atoms with E-state index in [1.807, 2.05) is 41.4 Å². The Kier molecular flexibility index (Phi) is 7.30. The van der Waals surface area contributed by atoms with Crippen LogP contribution in [0.1, 0.15) is 35.4 Å². The number of fused-ring (bicyclic) bond motifs is 4. The Morgan fingerprint density at radius 2 is 1.50 bits per heavy atom. The van der Waals surface area contributed by atoms with Crippen molar-refractivity contribution < 1.29 is 47.6 Å². The summed E-state index contributed by atoms with van der Waals surface area (Å²) in [7, 11) is 6.13. The number of hydrogen-bond donors (Lipinski definition) is 0. The molecule has 0 N–H and O–H groups in total. The zero-order valence-corrected chi connectivity index (χ0v) is 25.6. The average Bonchev–Trinajstić information content (AvgIpc) is 3.81. The van der Waals surface area contributed by atoms with Crippen molar-refractivity contribution in [3.8, 4) is 34.5 Å². The van der Waals surface area contributed by atoms with Crippen molar-refractivity contribution in [3.05, 3.63) is 65.2 Å². The second-order valence-electron chi connectivity index (χ2n) is 11.1. The first kappa shape index (κ1) is 29.3. The molecule has 13 heteroatoms. The molecule has 1 fully saturated rings. The third-order valence-corrected chi connectivity index (χ3v) is 8.77. The molecule has 3 aromatic rings. The van der Waals surface area contributed by atoms with Gasteiger partial charge in [0.15, 0.2) is 23.0 Å². The number of rotatable bonds is 8. The van der Waals surface area contributed by atoms with Crippen LogP contribution in [0.4, 0.5) is 5.69 Å². The van der Waals surface area contributed by atoms with E-state index < -0.39 is 35.5 Å². The second kappa shape index (κ2) is 11.5. The number of methoxy groups -OCH3 is 4. The predicted octanol–water partition coefficient (Wildman–Crippen LogP) is 3.66. The van der Waals surface area contributed by atoms with Gasteiger partial charge in [-0.1, -0.05) is 0 Å². The molecule has 13 nitrogen and oxygen atoms in total. The number of benzene rings is 3. The quantitative estimate of drug-likeness (QED) is 0.338. The smallest absolute Gasteiger partial charge is 0.337 e. The van der Waals surface area contributed by atoms with Gasteiger partial charge >= 0.3 is 5.97 Å². The first-order chi connectivity index (χ1) is 22.3. The summed E-state index contributed by atoms with van der Waals surface area (Å²) < 4.78 is 33.8. The molecule has 238 valence electrons. The van der Waals surface area contributed by atoms with Crippen LogP contribution in [-0.4, -0.2) is 70.3 Å². The molecule has 1 saturated heterocycles. The van der Waals surface area contributed by atoms with E-state index in [1.165, 1.54) is 21.3 Å². The lowest BCUT2D eigenvalue weighted by atomic mass is 9.65. The molecule has 3 aliphatic heterocycles. The van der Waals surface area contributed by atoms with E-state index in [4.69, 9.17) is 38.4 Å². The van der Waals surface area contributed by atoms with E-state index in [1.54, 1.807) is 19.2 Å². The molecule has 0 saturated carbocycles. The molecular weight excluding hydrogens is 598 g/mol. The fourth-order valence-electron chi connectivity index (χ4n) is 6.61. The number of carbonyl (C=O) groups is 3. The van der Waals surface area contributed by atoms with Crippen molar-refractivity contribution in [2.24, 2.45) is 16.9 Å². The summed E-state index contributed by atoms with van der Waals surface area (Å²) in [5.74, 6) is -1.12. The lowest BCUT2D eigenvalue weighted by Gasteiger charge is -2.37. The maximum absolute atomic E-state index is 14.4. The maximum Gasteiger partial charge on any atom is 0.337 e. The van der Waals surface area contributed by atoms with Crippen molar-refractivity contribution in [1.29, 1.82) is 0 Å². The Morgan fingerprint density at radius 3 is 2.11 bits per heavy atom. The van der Waals surface area contributed by atoms with Crippen molar-refractivity contribution in [3.63, 3.8) is 0 Å².